The van der Waals surface area contributed by atoms with Gasteiger partial charge in [-0.2, -0.15) is 5.26 Å². The van der Waals surface area contributed by atoms with Gasteiger partial charge in [0.2, 0.25) is 5.91 Å². The largest absolute Gasteiger partial charge is 0.354 e. The van der Waals surface area contributed by atoms with Gasteiger partial charge in [0.05, 0.1) is 19.0 Å². The highest BCUT2D eigenvalue weighted by Crippen LogP contribution is 2.25. The van der Waals surface area contributed by atoms with E-state index in [1.54, 1.807) is 12.1 Å². The number of nitrogens with zero attached hydrogens (tertiary/aromatic N) is 1. The number of carbonyl (C=O) groups is 1. The van der Waals surface area contributed by atoms with Gasteiger partial charge >= 0.3 is 0 Å². The fourth-order valence-corrected chi connectivity index (χ4v) is 2.10. The third-order valence-electron chi connectivity index (χ3n) is 2.56. The van der Waals surface area contributed by atoms with Crippen LogP contribution in [0.15, 0.2) is 18.2 Å². The van der Waals surface area contributed by atoms with E-state index in [4.69, 9.17) is 28.5 Å². The van der Waals surface area contributed by atoms with Gasteiger partial charge in [-0.3, -0.25) is 4.79 Å². The molecule has 0 fully saturated rings. The quantitative estimate of drug-likeness (QED) is 0.794. The van der Waals surface area contributed by atoms with Crippen molar-refractivity contribution in [3.63, 3.8) is 0 Å². The second-order valence-corrected chi connectivity index (χ2v) is 4.87. The Balaban J connectivity index is 2.45. The van der Waals surface area contributed by atoms with Crippen LogP contribution in [0.1, 0.15) is 24.9 Å². The molecular weight excluding hydrogens is 285 g/mol. The normalized spacial score (nSPS) is 11.7. The minimum atomic E-state index is -0.146. The second kappa shape index (κ2) is 8.00. The Bertz CT molecular complexity index is 485. The maximum absolute atomic E-state index is 11.5. The number of carbonyl (C=O) groups excluding carboxylic acids is 1. The van der Waals surface area contributed by atoms with Crippen LogP contribution >= 0.6 is 23.2 Å². The van der Waals surface area contributed by atoms with E-state index in [9.17, 15) is 4.79 Å². The highest BCUT2D eigenvalue weighted by Gasteiger charge is 2.11. The molecule has 2 N–H and O–H groups in total. The average molecular weight is 300 g/mol. The van der Waals surface area contributed by atoms with Crippen LogP contribution in [-0.2, 0) is 4.79 Å². The van der Waals surface area contributed by atoms with E-state index in [2.05, 4.69) is 10.6 Å². The molecule has 1 aromatic rings. The summed E-state index contributed by atoms with van der Waals surface area (Å²) in [5.74, 6) is -0.146. The number of nitrogens with one attached hydrogen (secondary N) is 2. The minimum absolute atomic E-state index is 0.0634. The molecule has 1 amide bonds. The van der Waals surface area contributed by atoms with Gasteiger partial charge in [-0.1, -0.05) is 29.3 Å². The first kappa shape index (κ1) is 15.8. The van der Waals surface area contributed by atoms with E-state index < -0.39 is 0 Å². The summed E-state index contributed by atoms with van der Waals surface area (Å²) in [7, 11) is 0. The van der Waals surface area contributed by atoms with Gasteiger partial charge in [-0.05, 0) is 24.6 Å². The van der Waals surface area contributed by atoms with Gasteiger partial charge in [0.1, 0.15) is 0 Å². The van der Waals surface area contributed by atoms with Crippen LogP contribution < -0.4 is 10.6 Å². The summed E-state index contributed by atoms with van der Waals surface area (Å²) in [6.45, 7) is 2.45. The summed E-state index contributed by atoms with van der Waals surface area (Å²) in [6, 6.07) is 7.16. The summed E-state index contributed by atoms with van der Waals surface area (Å²) in [6.07, 6.45) is 0.310. The maximum Gasteiger partial charge on any atom is 0.234 e. The van der Waals surface area contributed by atoms with E-state index in [0.717, 1.165) is 5.56 Å². The Hall–Kier alpha value is -1.28. The molecule has 0 saturated heterocycles. The molecule has 0 aromatic heterocycles. The molecule has 102 valence electrons. The fraction of sp³-hybridized carbons (Fsp3) is 0.385. The van der Waals surface area contributed by atoms with Crippen molar-refractivity contribution in [3.8, 4) is 6.07 Å². The van der Waals surface area contributed by atoms with Crippen LogP contribution in [0.25, 0.3) is 0 Å². The lowest BCUT2D eigenvalue weighted by molar-refractivity contribution is -0.120. The summed E-state index contributed by atoms with van der Waals surface area (Å²) in [4.78, 5) is 11.5. The lowest BCUT2D eigenvalue weighted by atomic mass is 10.1. The first-order chi connectivity index (χ1) is 9.04. The molecule has 6 heteroatoms. The SMILES string of the molecule is CC(NCC(=O)NCCC#N)c1ccc(Cl)cc1Cl. The zero-order valence-corrected chi connectivity index (χ0v) is 12.1. The molecule has 0 aliphatic heterocycles. The number of benzene rings is 1. The minimum Gasteiger partial charge on any atom is -0.354 e. The first-order valence-electron chi connectivity index (χ1n) is 5.86. The molecule has 0 aliphatic carbocycles. The topological polar surface area (TPSA) is 64.9 Å². The zero-order chi connectivity index (χ0) is 14.3. The Kier molecular flexibility index (Phi) is 6.65. The summed E-state index contributed by atoms with van der Waals surface area (Å²) < 4.78 is 0. The lowest BCUT2D eigenvalue weighted by Gasteiger charge is -2.15. The molecule has 1 rings (SSSR count). The van der Waals surface area contributed by atoms with Crippen molar-refractivity contribution >= 4 is 29.1 Å². The molecule has 1 atom stereocenters. The van der Waals surface area contributed by atoms with E-state index in [-0.39, 0.29) is 18.5 Å². The standard InChI is InChI=1S/C13H15Cl2N3O/c1-9(11-4-3-10(14)7-12(11)15)18-8-13(19)17-6-2-5-16/h3-4,7,9,18H,2,6,8H2,1H3,(H,17,19). The van der Waals surface area contributed by atoms with Gasteiger partial charge in [0.15, 0.2) is 0 Å². The predicted octanol–water partition coefficient (Wildman–Crippen LogP) is 2.67. The number of rotatable bonds is 6. The third-order valence-corrected chi connectivity index (χ3v) is 3.12. The number of hydrogen-bond donors (Lipinski definition) is 2. The molecule has 19 heavy (non-hydrogen) atoms. The molecular formula is C13H15Cl2N3O. The van der Waals surface area contributed by atoms with Crippen molar-refractivity contribution in [2.45, 2.75) is 19.4 Å². The second-order valence-electron chi connectivity index (χ2n) is 4.03. The Morgan fingerprint density at radius 1 is 1.47 bits per heavy atom. The summed E-state index contributed by atoms with van der Waals surface area (Å²) >= 11 is 11.9. The third kappa shape index (κ3) is 5.48. The fourth-order valence-electron chi connectivity index (χ4n) is 1.53. The van der Waals surface area contributed by atoms with Crippen LogP contribution in [0.5, 0.6) is 0 Å². The molecule has 0 saturated carbocycles. The molecule has 4 nitrogen and oxygen atoms in total. The summed E-state index contributed by atoms with van der Waals surface area (Å²) in [5.41, 5.74) is 0.885. The number of halogens is 2. The van der Waals surface area contributed by atoms with Crippen molar-refractivity contribution < 1.29 is 4.79 Å². The van der Waals surface area contributed by atoms with Gasteiger partial charge in [0, 0.05) is 22.6 Å². The van der Waals surface area contributed by atoms with E-state index in [1.165, 1.54) is 0 Å². The van der Waals surface area contributed by atoms with Gasteiger partial charge in [-0.15, -0.1) is 0 Å². The van der Waals surface area contributed by atoms with E-state index in [1.807, 2.05) is 19.1 Å². The monoisotopic (exact) mass is 299 g/mol. The van der Waals surface area contributed by atoms with Crippen molar-refractivity contribution in [1.29, 1.82) is 5.26 Å². The molecule has 0 radical (unpaired) electrons. The van der Waals surface area contributed by atoms with Crippen LogP contribution in [0, 0.1) is 11.3 Å². The van der Waals surface area contributed by atoms with Crippen LogP contribution in [-0.4, -0.2) is 19.0 Å². The number of amides is 1. The molecule has 1 unspecified atom stereocenters. The predicted molar refractivity (Wildman–Crippen MR) is 76.1 cm³/mol. The Morgan fingerprint density at radius 3 is 2.84 bits per heavy atom. The smallest absolute Gasteiger partial charge is 0.234 e. The average Bonchev–Trinajstić information content (AvgIpc) is 2.36. The van der Waals surface area contributed by atoms with Crippen molar-refractivity contribution in [2.24, 2.45) is 0 Å². The van der Waals surface area contributed by atoms with Crippen molar-refractivity contribution in [1.82, 2.24) is 10.6 Å². The molecule has 0 aliphatic rings. The van der Waals surface area contributed by atoms with Gasteiger partial charge < -0.3 is 10.6 Å². The maximum atomic E-state index is 11.5. The highest BCUT2D eigenvalue weighted by molar-refractivity contribution is 6.35. The van der Waals surface area contributed by atoms with Crippen molar-refractivity contribution in [2.75, 3.05) is 13.1 Å². The van der Waals surface area contributed by atoms with Crippen LogP contribution in [0.2, 0.25) is 10.0 Å². The van der Waals surface area contributed by atoms with E-state index in [0.29, 0.717) is 23.0 Å². The van der Waals surface area contributed by atoms with Crippen molar-refractivity contribution in [3.05, 3.63) is 33.8 Å². The first-order valence-corrected chi connectivity index (χ1v) is 6.62. The van der Waals surface area contributed by atoms with Crippen LogP contribution in [0.3, 0.4) is 0 Å². The zero-order valence-electron chi connectivity index (χ0n) is 10.5. The molecule has 0 heterocycles. The molecule has 1 aromatic carbocycles. The molecule has 0 spiro atoms. The number of nitriles is 1. The number of hydrogen-bond acceptors (Lipinski definition) is 3. The Morgan fingerprint density at radius 2 is 2.21 bits per heavy atom. The van der Waals surface area contributed by atoms with E-state index >= 15 is 0 Å². The summed E-state index contributed by atoms with van der Waals surface area (Å²) in [5, 5.41) is 15.2. The Labute approximate surface area is 122 Å². The lowest BCUT2D eigenvalue weighted by Crippen LogP contribution is -2.35. The molecule has 0 bridgehead atoms. The van der Waals surface area contributed by atoms with Gasteiger partial charge in [0.25, 0.3) is 0 Å². The van der Waals surface area contributed by atoms with Crippen LogP contribution in [0.4, 0.5) is 0 Å². The van der Waals surface area contributed by atoms with Gasteiger partial charge in [-0.25, -0.2) is 0 Å². The highest BCUT2D eigenvalue weighted by atomic mass is 35.5.